The number of anilines is 1. The lowest BCUT2D eigenvalue weighted by molar-refractivity contribution is 0.0575. The van der Waals surface area contributed by atoms with Crippen LogP contribution < -0.4 is 5.32 Å². The number of aliphatic imine (C=N–C) groups is 1. The lowest BCUT2D eigenvalue weighted by Crippen LogP contribution is -2.51. The van der Waals surface area contributed by atoms with Crippen LogP contribution >= 0.6 is 11.8 Å². The Hall–Kier alpha value is -1.58. The van der Waals surface area contributed by atoms with Crippen LogP contribution in [0.25, 0.3) is 0 Å². The molecule has 7 nitrogen and oxygen atoms in total. The Kier molecular flexibility index (Phi) is 6.65. The van der Waals surface area contributed by atoms with Gasteiger partial charge in [0.05, 0.1) is 17.5 Å². The highest BCUT2D eigenvalue weighted by Gasteiger charge is 2.42. The predicted molar refractivity (Wildman–Crippen MR) is 128 cm³/mol. The fourth-order valence-electron chi connectivity index (χ4n) is 4.57. The van der Waals surface area contributed by atoms with E-state index in [-0.39, 0.29) is 28.7 Å². The molecule has 1 amide bonds. The smallest absolute Gasteiger partial charge is 0.254 e. The van der Waals surface area contributed by atoms with Gasteiger partial charge in [0, 0.05) is 48.7 Å². The zero-order valence-corrected chi connectivity index (χ0v) is 20.1. The minimum absolute atomic E-state index is 0.00372. The molecule has 1 aromatic carbocycles. The third-order valence-electron chi connectivity index (χ3n) is 6.48. The van der Waals surface area contributed by atoms with Gasteiger partial charge in [-0.2, -0.15) is 0 Å². The molecule has 2 saturated heterocycles. The lowest BCUT2D eigenvalue weighted by Gasteiger charge is -2.38. The van der Waals surface area contributed by atoms with Crippen LogP contribution in [-0.4, -0.2) is 84.3 Å². The van der Waals surface area contributed by atoms with Gasteiger partial charge in [-0.25, -0.2) is 8.42 Å². The number of sulfone groups is 1. The summed E-state index contributed by atoms with van der Waals surface area (Å²) in [5.74, 6) is 0.392. The minimum Gasteiger partial charge on any atom is -0.336 e. The van der Waals surface area contributed by atoms with Gasteiger partial charge in [-0.3, -0.25) is 14.7 Å². The number of hydrogen-bond donors (Lipinski definition) is 1. The summed E-state index contributed by atoms with van der Waals surface area (Å²) in [5, 5.41) is 4.09. The highest BCUT2D eigenvalue weighted by molar-refractivity contribution is 8.15. The number of aryl methyl sites for hydroxylation is 1. The van der Waals surface area contributed by atoms with E-state index in [1.165, 1.54) is 24.6 Å². The monoisotopic (exact) mass is 464 g/mol. The highest BCUT2D eigenvalue weighted by atomic mass is 32.2. The predicted octanol–water partition coefficient (Wildman–Crippen LogP) is 2.62. The summed E-state index contributed by atoms with van der Waals surface area (Å²) in [6.07, 6.45) is 2.37. The zero-order valence-electron chi connectivity index (χ0n) is 18.5. The molecule has 0 bridgehead atoms. The minimum atomic E-state index is -2.96. The molecule has 4 rings (SSSR count). The summed E-state index contributed by atoms with van der Waals surface area (Å²) in [5.41, 5.74) is 2.56. The molecule has 0 spiro atoms. The van der Waals surface area contributed by atoms with Crippen molar-refractivity contribution < 1.29 is 13.2 Å². The van der Waals surface area contributed by atoms with Crippen molar-refractivity contribution >= 4 is 38.4 Å². The average molecular weight is 465 g/mol. The SMILES string of the molecule is CCC[C@H](C)N1CCN(C(=O)c2ccc(C)c(NC3=N[C@H]4CS(=O)(=O)C[C@@H]4S3)c2)CC1. The Labute approximate surface area is 189 Å². The summed E-state index contributed by atoms with van der Waals surface area (Å²) in [6.45, 7) is 9.82. The van der Waals surface area contributed by atoms with Crippen molar-refractivity contribution in [2.24, 2.45) is 4.99 Å². The van der Waals surface area contributed by atoms with Gasteiger partial charge in [0.2, 0.25) is 0 Å². The van der Waals surface area contributed by atoms with Crippen LogP contribution in [0.15, 0.2) is 23.2 Å². The number of carbonyl (C=O) groups excluding carboxylic acids is 1. The first-order valence-electron chi connectivity index (χ1n) is 11.1. The van der Waals surface area contributed by atoms with Gasteiger partial charge in [-0.1, -0.05) is 31.2 Å². The molecule has 0 radical (unpaired) electrons. The molecule has 0 aliphatic carbocycles. The van der Waals surface area contributed by atoms with E-state index >= 15 is 0 Å². The molecule has 0 saturated carbocycles. The van der Waals surface area contributed by atoms with Crippen LogP contribution in [0.2, 0.25) is 0 Å². The van der Waals surface area contributed by atoms with E-state index in [1.54, 1.807) is 0 Å². The fourth-order valence-corrected chi connectivity index (χ4v) is 8.24. The zero-order chi connectivity index (χ0) is 22.2. The molecule has 1 aromatic rings. The molecule has 1 N–H and O–H groups in total. The number of thioether (sulfide) groups is 1. The Bertz CT molecular complexity index is 971. The number of fused-ring (bicyclic) bond motifs is 1. The average Bonchev–Trinajstić information content (AvgIpc) is 3.22. The molecule has 170 valence electrons. The summed E-state index contributed by atoms with van der Waals surface area (Å²) in [7, 11) is -2.96. The number of piperazine rings is 1. The van der Waals surface area contributed by atoms with Gasteiger partial charge in [-0.15, -0.1) is 0 Å². The third kappa shape index (κ3) is 5.09. The van der Waals surface area contributed by atoms with Crippen molar-refractivity contribution in [3.8, 4) is 0 Å². The van der Waals surface area contributed by atoms with E-state index in [9.17, 15) is 13.2 Å². The third-order valence-corrected chi connectivity index (χ3v) is 9.62. The van der Waals surface area contributed by atoms with E-state index in [2.05, 4.69) is 29.1 Å². The second-order valence-corrected chi connectivity index (χ2v) is 12.2. The van der Waals surface area contributed by atoms with Crippen molar-refractivity contribution in [3.05, 3.63) is 29.3 Å². The molecule has 9 heteroatoms. The molecule has 3 aliphatic rings. The van der Waals surface area contributed by atoms with E-state index < -0.39 is 9.84 Å². The van der Waals surface area contributed by atoms with Crippen LogP contribution in [0, 0.1) is 6.92 Å². The van der Waals surface area contributed by atoms with Crippen molar-refractivity contribution in [1.29, 1.82) is 0 Å². The van der Waals surface area contributed by atoms with E-state index in [0.29, 0.717) is 11.6 Å². The molecular formula is C22H32N4O3S2. The number of rotatable bonds is 5. The van der Waals surface area contributed by atoms with E-state index in [1.807, 2.05) is 30.0 Å². The molecule has 2 fully saturated rings. The van der Waals surface area contributed by atoms with Gasteiger partial charge in [0.25, 0.3) is 5.91 Å². The Morgan fingerprint density at radius 1 is 1.26 bits per heavy atom. The van der Waals surface area contributed by atoms with E-state index in [0.717, 1.165) is 42.6 Å². The van der Waals surface area contributed by atoms with Crippen LogP contribution in [0.1, 0.15) is 42.6 Å². The van der Waals surface area contributed by atoms with Crippen molar-refractivity contribution in [2.75, 3.05) is 43.0 Å². The fraction of sp³-hybridized carbons (Fsp3) is 0.636. The molecule has 3 heterocycles. The molecular weight excluding hydrogens is 432 g/mol. The van der Waals surface area contributed by atoms with Crippen molar-refractivity contribution in [1.82, 2.24) is 9.80 Å². The number of nitrogens with zero attached hydrogens (tertiary/aromatic N) is 3. The maximum atomic E-state index is 13.1. The van der Waals surface area contributed by atoms with Crippen LogP contribution in [0.4, 0.5) is 5.69 Å². The molecule has 31 heavy (non-hydrogen) atoms. The summed E-state index contributed by atoms with van der Waals surface area (Å²) < 4.78 is 23.6. The topological polar surface area (TPSA) is 82.1 Å². The molecule has 0 unspecified atom stereocenters. The second kappa shape index (κ2) is 9.11. The summed E-state index contributed by atoms with van der Waals surface area (Å²) in [6, 6.07) is 6.16. The number of benzene rings is 1. The molecule has 0 aromatic heterocycles. The number of carbonyl (C=O) groups is 1. The van der Waals surface area contributed by atoms with Crippen molar-refractivity contribution in [3.63, 3.8) is 0 Å². The van der Waals surface area contributed by atoms with Gasteiger partial charge in [-0.05, 0) is 38.0 Å². The second-order valence-electron chi connectivity index (χ2n) is 8.86. The highest BCUT2D eigenvalue weighted by Crippen LogP contribution is 2.35. The number of nitrogens with one attached hydrogen (secondary N) is 1. The standard InChI is InChI=1S/C22H32N4O3S2/c1-4-5-16(3)25-8-10-26(11-9-25)21(27)17-7-6-15(2)18(12-17)23-22-24-19-13-31(28,29)14-20(19)30-22/h6-7,12,16,19-20H,4-5,8-11,13-14H2,1-3H3,(H,23,24)/t16-,19-,20-/m0/s1. The van der Waals surface area contributed by atoms with E-state index in [4.69, 9.17) is 0 Å². The maximum absolute atomic E-state index is 13.1. The number of amidine groups is 1. The lowest BCUT2D eigenvalue weighted by atomic mass is 10.1. The van der Waals surface area contributed by atoms with Gasteiger partial charge < -0.3 is 10.2 Å². The first-order chi connectivity index (χ1) is 14.8. The van der Waals surface area contributed by atoms with Gasteiger partial charge in [0.1, 0.15) is 0 Å². The van der Waals surface area contributed by atoms with Crippen LogP contribution in [0.5, 0.6) is 0 Å². The van der Waals surface area contributed by atoms with Crippen LogP contribution in [-0.2, 0) is 9.84 Å². The summed E-state index contributed by atoms with van der Waals surface area (Å²) >= 11 is 1.50. The Morgan fingerprint density at radius 3 is 2.68 bits per heavy atom. The summed E-state index contributed by atoms with van der Waals surface area (Å²) in [4.78, 5) is 22.1. The maximum Gasteiger partial charge on any atom is 0.254 e. The number of hydrogen-bond acceptors (Lipinski definition) is 7. The normalized spacial score (nSPS) is 26.4. The first-order valence-corrected chi connectivity index (χ1v) is 13.8. The Balaban J connectivity index is 1.40. The van der Waals surface area contributed by atoms with Gasteiger partial charge >= 0.3 is 0 Å². The largest absolute Gasteiger partial charge is 0.336 e. The Morgan fingerprint density at radius 2 is 2.00 bits per heavy atom. The molecule has 3 atom stereocenters. The quantitative estimate of drug-likeness (QED) is 0.721. The van der Waals surface area contributed by atoms with Crippen molar-refractivity contribution in [2.45, 2.75) is 50.9 Å². The number of amides is 1. The van der Waals surface area contributed by atoms with Gasteiger partial charge in [0.15, 0.2) is 15.0 Å². The first kappa shape index (κ1) is 22.6. The molecule has 3 aliphatic heterocycles. The van der Waals surface area contributed by atoms with Crippen LogP contribution in [0.3, 0.4) is 0 Å².